The van der Waals surface area contributed by atoms with Crippen LogP contribution in [-0.4, -0.2) is 5.17 Å². The fourth-order valence-electron chi connectivity index (χ4n) is 1.71. The van der Waals surface area contributed by atoms with Gasteiger partial charge < -0.3 is 17.1 Å². The highest BCUT2D eigenvalue weighted by molar-refractivity contribution is 8.12. The van der Waals surface area contributed by atoms with E-state index in [2.05, 4.69) is 0 Å². The second-order valence-corrected chi connectivity index (χ2v) is 6.04. The Morgan fingerprint density at radius 1 is 1.17 bits per heavy atom. The van der Waals surface area contributed by atoms with Crippen molar-refractivity contribution in [2.75, 3.05) is 0 Å². The van der Waals surface area contributed by atoms with Gasteiger partial charge in [-0.25, -0.2) is 0 Å². The molecule has 0 saturated carbocycles. The summed E-state index contributed by atoms with van der Waals surface area (Å²) < 4.78 is 43.2. The summed E-state index contributed by atoms with van der Waals surface area (Å²) in [6, 6.07) is 9.95. The van der Waals surface area contributed by atoms with Gasteiger partial charge in [0.25, 0.3) is 5.17 Å². The van der Waals surface area contributed by atoms with Crippen molar-refractivity contribution >= 4 is 28.5 Å². The van der Waals surface area contributed by atoms with Crippen LogP contribution in [0.4, 0.5) is 13.2 Å². The third kappa shape index (κ3) is 5.81. The number of benzene rings is 2. The number of alkyl halides is 3. The maximum Gasteiger partial charge on any atom is 0.416 e. The molecule has 0 fully saturated rings. The topological polar surface area (TPSA) is 60.8 Å². The van der Waals surface area contributed by atoms with Crippen molar-refractivity contribution in [1.29, 1.82) is 0 Å². The molecule has 3 nitrogen and oxygen atoms in total. The largest absolute Gasteiger partial charge is 1.00 e. The molecule has 2 aromatic carbocycles. The van der Waals surface area contributed by atoms with E-state index < -0.39 is 11.7 Å². The number of ether oxygens (including phenoxy) is 1. The number of halogens is 5. The minimum absolute atomic E-state index is 0. The zero-order valence-corrected chi connectivity index (χ0v) is 14.4. The van der Waals surface area contributed by atoms with Crippen molar-refractivity contribution in [3.8, 4) is 11.5 Å². The molecule has 2 aromatic rings. The summed E-state index contributed by atoms with van der Waals surface area (Å²) in [6.07, 6.45) is -4.44. The van der Waals surface area contributed by atoms with E-state index in [1.165, 1.54) is 17.8 Å². The molecule has 0 bridgehead atoms. The number of nitrogens with two attached hydrogens (primary N) is 2. The fraction of sp³-hybridized carbons (Fsp3) is 0.133. The Bertz CT molecular complexity index is 709. The van der Waals surface area contributed by atoms with Crippen LogP contribution in [0.25, 0.3) is 0 Å². The Morgan fingerprint density at radius 3 is 2.29 bits per heavy atom. The standard InChI is InChI=1S/C15H12ClF3N2OS.ClH/c16-12-7-10(15(17,18)19)3-6-13(12)22-11-4-1-9(2-5-11)8-23-14(20)21;/h1-7H,8H2,(H3,20,21);1H. The van der Waals surface area contributed by atoms with Crippen molar-refractivity contribution in [2.24, 2.45) is 5.73 Å². The zero-order chi connectivity index (χ0) is 17.0. The van der Waals surface area contributed by atoms with Crippen LogP contribution in [-0.2, 0) is 11.9 Å². The van der Waals surface area contributed by atoms with Gasteiger partial charge in [0.2, 0.25) is 0 Å². The molecule has 0 radical (unpaired) electrons. The first kappa shape index (κ1) is 20.5. The Hall–Kier alpha value is -1.57. The van der Waals surface area contributed by atoms with E-state index in [4.69, 9.17) is 27.5 Å². The molecule has 0 saturated heterocycles. The van der Waals surface area contributed by atoms with Crippen LogP contribution in [0.15, 0.2) is 42.5 Å². The molecule has 9 heteroatoms. The lowest BCUT2D eigenvalue weighted by Crippen LogP contribution is -3.00. The third-order valence-corrected chi connectivity index (χ3v) is 3.92. The summed E-state index contributed by atoms with van der Waals surface area (Å²) >= 11 is 7.15. The van der Waals surface area contributed by atoms with Crippen LogP contribution < -0.4 is 28.3 Å². The minimum Gasteiger partial charge on any atom is -1.00 e. The molecule has 24 heavy (non-hydrogen) atoms. The number of hydrogen-bond donors (Lipinski definition) is 2. The van der Waals surface area contributed by atoms with Crippen molar-refractivity contribution in [2.45, 2.75) is 11.9 Å². The van der Waals surface area contributed by atoms with Crippen LogP contribution in [0.2, 0.25) is 5.02 Å². The second-order valence-electron chi connectivity index (χ2n) is 4.58. The fourth-order valence-corrected chi connectivity index (χ4v) is 2.45. The van der Waals surface area contributed by atoms with Gasteiger partial charge >= 0.3 is 6.18 Å². The van der Waals surface area contributed by atoms with Crippen LogP contribution in [0.1, 0.15) is 11.1 Å². The highest BCUT2D eigenvalue weighted by atomic mass is 35.5. The minimum atomic E-state index is -4.44. The molecule has 0 unspecified atom stereocenters. The van der Waals surface area contributed by atoms with Crippen LogP contribution >= 0.6 is 23.4 Å². The Kier molecular flexibility index (Phi) is 7.26. The van der Waals surface area contributed by atoms with E-state index in [0.717, 1.165) is 17.7 Å². The van der Waals surface area contributed by atoms with Gasteiger partial charge in [-0.3, -0.25) is 11.1 Å². The van der Waals surface area contributed by atoms with Crippen LogP contribution in [0.5, 0.6) is 11.5 Å². The average Bonchev–Trinajstić information content (AvgIpc) is 2.47. The zero-order valence-electron chi connectivity index (χ0n) is 12.1. The molecule has 0 aliphatic heterocycles. The lowest BCUT2D eigenvalue weighted by atomic mass is 10.2. The van der Waals surface area contributed by atoms with E-state index in [-0.39, 0.29) is 28.3 Å². The van der Waals surface area contributed by atoms with E-state index in [1.807, 2.05) is 12.1 Å². The molecule has 0 amide bonds. The van der Waals surface area contributed by atoms with Crippen LogP contribution in [0, 0.1) is 0 Å². The summed E-state index contributed by atoms with van der Waals surface area (Å²) in [7, 11) is 0. The van der Waals surface area contributed by atoms with Gasteiger partial charge in [-0.1, -0.05) is 23.7 Å². The first-order valence-corrected chi connectivity index (χ1v) is 7.76. The summed E-state index contributed by atoms with van der Waals surface area (Å²) in [5.41, 5.74) is 5.53. The van der Waals surface area contributed by atoms with Gasteiger partial charge in [0, 0.05) is 5.75 Å². The molecule has 4 N–H and O–H groups in total. The second kappa shape index (κ2) is 8.50. The molecular formula is C15H13Cl2F3N2OS. The molecule has 0 heterocycles. The predicted octanol–water partition coefficient (Wildman–Crippen LogP) is 0.462. The molecule has 0 aliphatic carbocycles. The molecule has 0 aliphatic rings. The maximum atomic E-state index is 12.6. The Labute approximate surface area is 152 Å². The van der Waals surface area contributed by atoms with Crippen molar-refractivity contribution in [3.63, 3.8) is 0 Å². The molecule has 0 atom stereocenters. The Morgan fingerprint density at radius 2 is 1.79 bits per heavy atom. The SMILES string of the molecule is NC(=[NH2+])SCc1ccc(Oc2ccc(C(F)(F)F)cc2Cl)cc1.[Cl-]. The average molecular weight is 397 g/mol. The summed E-state index contributed by atoms with van der Waals surface area (Å²) in [5, 5.41) is 5.54. The third-order valence-electron chi connectivity index (χ3n) is 2.82. The monoisotopic (exact) mass is 396 g/mol. The van der Waals surface area contributed by atoms with Gasteiger partial charge in [-0.05, 0) is 47.7 Å². The van der Waals surface area contributed by atoms with Crippen molar-refractivity contribution in [1.82, 2.24) is 0 Å². The van der Waals surface area contributed by atoms with Gasteiger partial charge in [0.05, 0.1) is 10.6 Å². The number of thioether (sulfide) groups is 1. The van der Waals surface area contributed by atoms with Gasteiger partial charge in [-0.15, -0.1) is 0 Å². The van der Waals surface area contributed by atoms with Gasteiger partial charge in [0.15, 0.2) is 0 Å². The summed E-state index contributed by atoms with van der Waals surface area (Å²) in [4.78, 5) is 0. The first-order valence-electron chi connectivity index (χ1n) is 6.40. The van der Waals surface area contributed by atoms with E-state index in [9.17, 15) is 13.2 Å². The molecular weight excluding hydrogens is 384 g/mol. The number of amidine groups is 1. The lowest BCUT2D eigenvalue weighted by molar-refractivity contribution is -0.137. The normalized spacial score (nSPS) is 10.8. The number of hydrogen-bond acceptors (Lipinski definition) is 2. The summed E-state index contributed by atoms with van der Waals surface area (Å²) in [5.74, 6) is 1.23. The molecule has 0 aromatic heterocycles. The molecule has 130 valence electrons. The highest BCUT2D eigenvalue weighted by Crippen LogP contribution is 2.36. The van der Waals surface area contributed by atoms with E-state index >= 15 is 0 Å². The molecule has 2 rings (SSSR count). The summed E-state index contributed by atoms with van der Waals surface area (Å²) in [6.45, 7) is 0. The Balaban J connectivity index is 0.00000288. The van der Waals surface area contributed by atoms with Crippen molar-refractivity contribution in [3.05, 3.63) is 58.6 Å². The van der Waals surface area contributed by atoms with Gasteiger partial charge in [0.1, 0.15) is 11.5 Å². The van der Waals surface area contributed by atoms with E-state index in [1.54, 1.807) is 12.1 Å². The predicted molar refractivity (Wildman–Crippen MR) is 85.4 cm³/mol. The lowest BCUT2D eigenvalue weighted by Gasteiger charge is -2.11. The first-order chi connectivity index (χ1) is 10.8. The quantitative estimate of drug-likeness (QED) is 0.583. The van der Waals surface area contributed by atoms with E-state index in [0.29, 0.717) is 11.5 Å². The highest BCUT2D eigenvalue weighted by Gasteiger charge is 2.31. The van der Waals surface area contributed by atoms with Crippen LogP contribution in [0.3, 0.4) is 0 Å². The number of rotatable bonds is 4. The smallest absolute Gasteiger partial charge is 0.416 e. The molecule has 0 spiro atoms. The van der Waals surface area contributed by atoms with Gasteiger partial charge in [-0.2, -0.15) is 13.2 Å². The van der Waals surface area contributed by atoms with Crippen molar-refractivity contribution < 1.29 is 35.7 Å². The maximum absolute atomic E-state index is 12.6.